The van der Waals surface area contributed by atoms with E-state index in [0.717, 1.165) is 19.5 Å². The molecule has 3 rings (SSSR count). The third kappa shape index (κ3) is 2.31. The van der Waals surface area contributed by atoms with Crippen LogP contribution in [0.15, 0.2) is 24.3 Å². The van der Waals surface area contributed by atoms with E-state index in [2.05, 4.69) is 34.5 Å². The van der Waals surface area contributed by atoms with Crippen LogP contribution < -0.4 is 10.2 Å². The normalized spacial score (nSPS) is 22.5. The van der Waals surface area contributed by atoms with Crippen LogP contribution in [0.25, 0.3) is 0 Å². The van der Waals surface area contributed by atoms with Crippen molar-refractivity contribution in [3.8, 4) is 0 Å². The summed E-state index contributed by atoms with van der Waals surface area (Å²) in [6, 6.07) is 8.69. The highest BCUT2D eigenvalue weighted by Gasteiger charge is 2.34. The highest BCUT2D eigenvalue weighted by Crippen LogP contribution is 2.23. The fourth-order valence-corrected chi connectivity index (χ4v) is 2.72. The Labute approximate surface area is 102 Å². The molecule has 2 aliphatic heterocycles. The first-order valence-corrected chi connectivity index (χ1v) is 6.52. The first-order valence-electron chi connectivity index (χ1n) is 6.52. The number of anilines is 1. The molecule has 2 N–H and O–H groups in total. The highest BCUT2D eigenvalue weighted by molar-refractivity contribution is 5.48. The lowest BCUT2D eigenvalue weighted by atomic mass is 9.89. The van der Waals surface area contributed by atoms with Crippen LogP contribution in [-0.4, -0.2) is 36.9 Å². The summed E-state index contributed by atoms with van der Waals surface area (Å²) < 4.78 is 0. The third-order valence-electron chi connectivity index (χ3n) is 3.85. The van der Waals surface area contributed by atoms with E-state index in [-0.39, 0.29) is 0 Å². The monoisotopic (exact) mass is 232 g/mol. The van der Waals surface area contributed by atoms with Crippen molar-refractivity contribution in [3.63, 3.8) is 0 Å². The van der Waals surface area contributed by atoms with Crippen molar-refractivity contribution in [2.45, 2.75) is 24.9 Å². The van der Waals surface area contributed by atoms with Crippen molar-refractivity contribution < 1.29 is 5.11 Å². The Hall–Kier alpha value is -1.06. The summed E-state index contributed by atoms with van der Waals surface area (Å²) in [5, 5.41) is 13.2. The van der Waals surface area contributed by atoms with Gasteiger partial charge in [-0.1, -0.05) is 12.1 Å². The Kier molecular flexibility index (Phi) is 2.81. The molecule has 0 bridgehead atoms. The number of hydrogen-bond acceptors (Lipinski definition) is 3. The first kappa shape index (κ1) is 11.1. The maximum atomic E-state index is 10.1. The van der Waals surface area contributed by atoms with Crippen LogP contribution in [-0.2, 0) is 6.42 Å². The zero-order valence-corrected chi connectivity index (χ0v) is 10.2. The molecule has 0 radical (unpaired) electrons. The average molecular weight is 232 g/mol. The summed E-state index contributed by atoms with van der Waals surface area (Å²) in [7, 11) is 0. The number of nitrogens with zero attached hydrogens (tertiary/aromatic N) is 1. The highest BCUT2D eigenvalue weighted by atomic mass is 16.3. The fourth-order valence-electron chi connectivity index (χ4n) is 2.72. The second kappa shape index (κ2) is 4.31. The predicted octanol–water partition coefficient (Wildman–Crippen LogP) is 1.16. The molecule has 0 amide bonds. The molecule has 0 unspecified atom stereocenters. The number of rotatable bonds is 3. The molecule has 2 heterocycles. The zero-order valence-electron chi connectivity index (χ0n) is 10.2. The van der Waals surface area contributed by atoms with Crippen molar-refractivity contribution in [2.24, 2.45) is 0 Å². The molecular formula is C14H20N2O. The minimum absolute atomic E-state index is 0.505. The lowest BCUT2D eigenvalue weighted by molar-refractivity contribution is -0.00901. The molecule has 0 aliphatic carbocycles. The minimum Gasteiger partial charge on any atom is -0.387 e. The molecule has 2 saturated heterocycles. The zero-order chi connectivity index (χ0) is 11.7. The van der Waals surface area contributed by atoms with Gasteiger partial charge in [0.1, 0.15) is 0 Å². The molecule has 2 fully saturated rings. The summed E-state index contributed by atoms with van der Waals surface area (Å²) in [5.74, 6) is 0. The Bertz CT molecular complexity index is 378. The van der Waals surface area contributed by atoms with Crippen LogP contribution in [0.5, 0.6) is 0 Å². The van der Waals surface area contributed by atoms with Crippen LogP contribution in [0, 0.1) is 0 Å². The van der Waals surface area contributed by atoms with E-state index in [9.17, 15) is 5.11 Å². The average Bonchev–Trinajstić information content (AvgIpc) is 2.81. The van der Waals surface area contributed by atoms with Gasteiger partial charge in [-0.25, -0.2) is 0 Å². The molecule has 2 aliphatic rings. The van der Waals surface area contributed by atoms with E-state index in [0.29, 0.717) is 0 Å². The second-order valence-electron chi connectivity index (χ2n) is 5.37. The molecular weight excluding hydrogens is 212 g/mol. The molecule has 0 spiro atoms. The summed E-state index contributed by atoms with van der Waals surface area (Å²) in [5.41, 5.74) is 2.05. The van der Waals surface area contributed by atoms with Gasteiger partial charge >= 0.3 is 0 Å². The van der Waals surface area contributed by atoms with E-state index < -0.39 is 5.60 Å². The maximum absolute atomic E-state index is 10.1. The van der Waals surface area contributed by atoms with Crippen LogP contribution in [0.4, 0.5) is 5.69 Å². The Morgan fingerprint density at radius 1 is 1.12 bits per heavy atom. The minimum atomic E-state index is -0.505. The summed E-state index contributed by atoms with van der Waals surface area (Å²) in [6.45, 7) is 3.82. The van der Waals surface area contributed by atoms with Gasteiger partial charge in [-0.15, -0.1) is 0 Å². The van der Waals surface area contributed by atoms with Crippen LogP contribution in [0.3, 0.4) is 0 Å². The molecule has 17 heavy (non-hydrogen) atoms. The van der Waals surface area contributed by atoms with Gasteiger partial charge in [0.25, 0.3) is 0 Å². The van der Waals surface area contributed by atoms with Crippen LogP contribution in [0.1, 0.15) is 18.4 Å². The van der Waals surface area contributed by atoms with E-state index in [1.165, 1.54) is 37.2 Å². The fraction of sp³-hybridized carbons (Fsp3) is 0.571. The molecule has 0 saturated carbocycles. The van der Waals surface area contributed by atoms with Gasteiger partial charge in [0, 0.05) is 38.3 Å². The van der Waals surface area contributed by atoms with Crippen molar-refractivity contribution in [2.75, 3.05) is 31.1 Å². The second-order valence-corrected chi connectivity index (χ2v) is 5.37. The summed E-state index contributed by atoms with van der Waals surface area (Å²) in [6.07, 6.45) is 3.39. The standard InChI is InChI=1S/C14H20N2O/c17-14(10-15-11-14)9-12-3-5-13(6-4-12)16-7-1-2-8-16/h3-6,15,17H,1-2,7-11H2. The van der Waals surface area contributed by atoms with Gasteiger partial charge in [0.2, 0.25) is 0 Å². The Balaban J connectivity index is 1.67. The SMILES string of the molecule is OC1(Cc2ccc(N3CCCC3)cc2)CNC1. The Morgan fingerprint density at radius 2 is 1.76 bits per heavy atom. The van der Waals surface area contributed by atoms with Gasteiger partial charge in [0.15, 0.2) is 0 Å². The van der Waals surface area contributed by atoms with Crippen LogP contribution in [0.2, 0.25) is 0 Å². The summed E-state index contributed by atoms with van der Waals surface area (Å²) in [4.78, 5) is 2.43. The number of nitrogens with one attached hydrogen (secondary N) is 1. The van der Waals surface area contributed by atoms with E-state index in [1.54, 1.807) is 0 Å². The quantitative estimate of drug-likeness (QED) is 0.821. The summed E-state index contributed by atoms with van der Waals surface area (Å²) >= 11 is 0. The lowest BCUT2D eigenvalue weighted by Crippen LogP contribution is -2.60. The van der Waals surface area contributed by atoms with Gasteiger partial charge in [-0.3, -0.25) is 0 Å². The Morgan fingerprint density at radius 3 is 2.29 bits per heavy atom. The molecule has 92 valence electrons. The molecule has 3 heteroatoms. The maximum Gasteiger partial charge on any atom is 0.0935 e. The number of benzene rings is 1. The smallest absolute Gasteiger partial charge is 0.0935 e. The van der Waals surface area contributed by atoms with Gasteiger partial charge < -0.3 is 15.3 Å². The van der Waals surface area contributed by atoms with Crippen molar-refractivity contribution >= 4 is 5.69 Å². The predicted molar refractivity (Wildman–Crippen MR) is 69.4 cm³/mol. The van der Waals surface area contributed by atoms with Crippen molar-refractivity contribution in [1.82, 2.24) is 5.32 Å². The first-order chi connectivity index (χ1) is 8.25. The number of hydrogen-bond donors (Lipinski definition) is 2. The number of aliphatic hydroxyl groups is 1. The van der Waals surface area contributed by atoms with E-state index in [4.69, 9.17) is 0 Å². The largest absolute Gasteiger partial charge is 0.387 e. The van der Waals surface area contributed by atoms with Gasteiger partial charge in [-0.2, -0.15) is 0 Å². The van der Waals surface area contributed by atoms with Crippen LogP contribution >= 0.6 is 0 Å². The van der Waals surface area contributed by atoms with Gasteiger partial charge in [0.05, 0.1) is 5.60 Å². The number of β-amino-alcohol motifs (C(OH)–C–C–N with tert-alkyl or cyclic N) is 1. The molecule has 0 aromatic heterocycles. The lowest BCUT2D eigenvalue weighted by Gasteiger charge is -2.37. The third-order valence-corrected chi connectivity index (χ3v) is 3.85. The topological polar surface area (TPSA) is 35.5 Å². The van der Waals surface area contributed by atoms with Crippen molar-refractivity contribution in [3.05, 3.63) is 29.8 Å². The molecule has 0 atom stereocenters. The van der Waals surface area contributed by atoms with E-state index in [1.807, 2.05) is 0 Å². The van der Waals surface area contributed by atoms with Crippen molar-refractivity contribution in [1.29, 1.82) is 0 Å². The molecule has 3 nitrogen and oxygen atoms in total. The molecule has 1 aromatic rings. The van der Waals surface area contributed by atoms with E-state index >= 15 is 0 Å². The molecule has 1 aromatic carbocycles. The van der Waals surface area contributed by atoms with Gasteiger partial charge in [-0.05, 0) is 30.5 Å².